The van der Waals surface area contributed by atoms with Crippen molar-refractivity contribution in [3.05, 3.63) is 29.8 Å². The summed E-state index contributed by atoms with van der Waals surface area (Å²) in [5.41, 5.74) is 2.69. The molecule has 0 radical (unpaired) electrons. The second-order valence-electron chi connectivity index (χ2n) is 5.78. The zero-order chi connectivity index (χ0) is 13.7. The van der Waals surface area contributed by atoms with Crippen LogP contribution in [-0.4, -0.2) is 30.6 Å². The molecule has 0 bridgehead atoms. The Hall–Kier alpha value is -1.02. The Labute approximate surface area is 118 Å². The minimum atomic E-state index is 0.557. The van der Waals surface area contributed by atoms with Crippen molar-refractivity contribution in [2.24, 2.45) is 5.92 Å². The van der Waals surface area contributed by atoms with Gasteiger partial charge in [0.2, 0.25) is 0 Å². The molecule has 2 nitrogen and oxygen atoms in total. The predicted molar refractivity (Wildman–Crippen MR) is 83.7 cm³/mol. The maximum Gasteiger partial charge on any atom is 0.0345 e. The summed E-state index contributed by atoms with van der Waals surface area (Å²) in [5, 5.41) is 3.70. The van der Waals surface area contributed by atoms with Crippen molar-refractivity contribution < 1.29 is 0 Å². The molecule has 1 aliphatic rings. The van der Waals surface area contributed by atoms with Crippen LogP contribution >= 0.6 is 0 Å². The molecule has 2 rings (SSSR count). The third-order valence-electron chi connectivity index (χ3n) is 4.43. The van der Waals surface area contributed by atoms with E-state index in [4.69, 9.17) is 0 Å². The molecular weight excluding hydrogens is 232 g/mol. The lowest BCUT2D eigenvalue weighted by atomic mass is 9.91. The van der Waals surface area contributed by atoms with E-state index in [1.807, 2.05) is 0 Å². The van der Waals surface area contributed by atoms with Crippen LogP contribution in [0.2, 0.25) is 0 Å². The number of likely N-dealkylation sites (tertiary alicyclic amines) is 1. The molecular formula is C17H28N2. The van der Waals surface area contributed by atoms with Crippen molar-refractivity contribution in [1.82, 2.24) is 4.90 Å². The van der Waals surface area contributed by atoms with Crippen LogP contribution in [-0.2, 0) is 6.42 Å². The summed E-state index contributed by atoms with van der Waals surface area (Å²) < 4.78 is 0. The number of rotatable bonds is 5. The van der Waals surface area contributed by atoms with Gasteiger partial charge < -0.3 is 10.2 Å². The Balaban J connectivity index is 1.94. The molecule has 1 fully saturated rings. The van der Waals surface area contributed by atoms with Gasteiger partial charge in [0, 0.05) is 18.3 Å². The summed E-state index contributed by atoms with van der Waals surface area (Å²) >= 11 is 0. The molecule has 1 N–H and O–H groups in total. The van der Waals surface area contributed by atoms with Gasteiger partial charge in [-0.2, -0.15) is 0 Å². The quantitative estimate of drug-likeness (QED) is 0.866. The van der Waals surface area contributed by atoms with E-state index in [9.17, 15) is 0 Å². The van der Waals surface area contributed by atoms with Gasteiger partial charge in [-0.15, -0.1) is 0 Å². The van der Waals surface area contributed by atoms with Crippen molar-refractivity contribution in [2.45, 2.75) is 46.1 Å². The van der Waals surface area contributed by atoms with Gasteiger partial charge in [-0.05, 0) is 62.9 Å². The van der Waals surface area contributed by atoms with E-state index in [1.54, 1.807) is 0 Å². The smallest absolute Gasteiger partial charge is 0.0345 e. The van der Waals surface area contributed by atoms with Gasteiger partial charge >= 0.3 is 0 Å². The van der Waals surface area contributed by atoms with E-state index in [1.165, 1.54) is 43.7 Å². The third kappa shape index (κ3) is 3.97. The Bertz CT molecular complexity index is 389. The Morgan fingerprint density at radius 2 is 2.21 bits per heavy atom. The number of benzene rings is 1. The summed E-state index contributed by atoms with van der Waals surface area (Å²) in [7, 11) is 0. The number of anilines is 1. The highest BCUT2D eigenvalue weighted by molar-refractivity contribution is 5.46. The molecule has 2 unspecified atom stereocenters. The van der Waals surface area contributed by atoms with E-state index < -0.39 is 0 Å². The Morgan fingerprint density at radius 3 is 2.95 bits per heavy atom. The Kier molecular flexibility index (Phi) is 5.26. The molecule has 1 saturated heterocycles. The van der Waals surface area contributed by atoms with E-state index in [-0.39, 0.29) is 0 Å². The lowest BCUT2D eigenvalue weighted by Gasteiger charge is -2.35. The monoisotopic (exact) mass is 260 g/mol. The van der Waals surface area contributed by atoms with Gasteiger partial charge in [-0.1, -0.05) is 26.0 Å². The summed E-state index contributed by atoms with van der Waals surface area (Å²) in [6.07, 6.45) is 3.81. The van der Waals surface area contributed by atoms with Crippen LogP contribution in [0.15, 0.2) is 24.3 Å². The van der Waals surface area contributed by atoms with Crippen molar-refractivity contribution in [2.75, 3.05) is 25.0 Å². The highest BCUT2D eigenvalue weighted by Crippen LogP contribution is 2.22. The van der Waals surface area contributed by atoms with Crippen LogP contribution in [0.1, 0.15) is 39.2 Å². The molecule has 0 spiro atoms. The topological polar surface area (TPSA) is 15.3 Å². The molecule has 0 aromatic heterocycles. The van der Waals surface area contributed by atoms with Gasteiger partial charge in [0.05, 0.1) is 0 Å². The predicted octanol–water partition coefficient (Wildman–Crippen LogP) is 3.78. The number of aryl methyl sites for hydroxylation is 1. The molecule has 2 heteroatoms. The van der Waals surface area contributed by atoms with E-state index in [2.05, 4.69) is 55.3 Å². The Morgan fingerprint density at radius 1 is 1.37 bits per heavy atom. The molecule has 106 valence electrons. The SMILES string of the molecule is CCc1cccc(NC(C)C2CCCN(CC)C2)c1. The molecule has 2 atom stereocenters. The largest absolute Gasteiger partial charge is 0.382 e. The summed E-state index contributed by atoms with van der Waals surface area (Å²) in [5.74, 6) is 0.777. The summed E-state index contributed by atoms with van der Waals surface area (Å²) in [4.78, 5) is 2.58. The molecule has 1 heterocycles. The molecule has 0 aliphatic carbocycles. The number of nitrogens with one attached hydrogen (secondary N) is 1. The first-order valence-corrected chi connectivity index (χ1v) is 7.80. The number of piperidine rings is 1. The second-order valence-corrected chi connectivity index (χ2v) is 5.78. The molecule has 0 amide bonds. The third-order valence-corrected chi connectivity index (χ3v) is 4.43. The van der Waals surface area contributed by atoms with Crippen molar-refractivity contribution in [3.8, 4) is 0 Å². The van der Waals surface area contributed by atoms with Gasteiger partial charge in [0.1, 0.15) is 0 Å². The maximum atomic E-state index is 3.70. The highest BCUT2D eigenvalue weighted by atomic mass is 15.1. The van der Waals surface area contributed by atoms with Crippen LogP contribution in [0.4, 0.5) is 5.69 Å². The number of nitrogens with zero attached hydrogens (tertiary/aromatic N) is 1. The van der Waals surface area contributed by atoms with Crippen LogP contribution < -0.4 is 5.32 Å². The van der Waals surface area contributed by atoms with E-state index >= 15 is 0 Å². The first-order chi connectivity index (χ1) is 9.22. The molecule has 0 saturated carbocycles. The fraction of sp³-hybridized carbons (Fsp3) is 0.647. The van der Waals surface area contributed by atoms with E-state index in [0.29, 0.717) is 6.04 Å². The summed E-state index contributed by atoms with van der Waals surface area (Å²) in [6, 6.07) is 9.40. The van der Waals surface area contributed by atoms with Crippen LogP contribution in [0.5, 0.6) is 0 Å². The van der Waals surface area contributed by atoms with E-state index in [0.717, 1.165) is 12.3 Å². The van der Waals surface area contributed by atoms with Crippen molar-refractivity contribution >= 4 is 5.69 Å². The molecule has 19 heavy (non-hydrogen) atoms. The standard InChI is InChI=1S/C17H28N2/c1-4-15-8-6-10-17(12-15)18-14(3)16-9-7-11-19(5-2)13-16/h6,8,10,12,14,16,18H,4-5,7,9,11,13H2,1-3H3. The highest BCUT2D eigenvalue weighted by Gasteiger charge is 2.23. The van der Waals surface area contributed by atoms with Crippen LogP contribution in [0, 0.1) is 5.92 Å². The van der Waals surface area contributed by atoms with Crippen molar-refractivity contribution in [3.63, 3.8) is 0 Å². The molecule has 1 aromatic carbocycles. The molecule has 1 aliphatic heterocycles. The number of hydrogen-bond donors (Lipinski definition) is 1. The minimum Gasteiger partial charge on any atom is -0.382 e. The minimum absolute atomic E-state index is 0.557. The van der Waals surface area contributed by atoms with Crippen LogP contribution in [0.25, 0.3) is 0 Å². The molecule has 1 aromatic rings. The second kappa shape index (κ2) is 6.95. The first kappa shape index (κ1) is 14.4. The van der Waals surface area contributed by atoms with Gasteiger partial charge in [-0.25, -0.2) is 0 Å². The van der Waals surface area contributed by atoms with Gasteiger partial charge in [0.15, 0.2) is 0 Å². The average Bonchev–Trinajstić information content (AvgIpc) is 2.47. The first-order valence-electron chi connectivity index (χ1n) is 7.80. The lowest BCUT2D eigenvalue weighted by molar-refractivity contribution is 0.172. The normalized spacial score (nSPS) is 22.2. The fourth-order valence-corrected chi connectivity index (χ4v) is 3.05. The summed E-state index contributed by atoms with van der Waals surface area (Å²) in [6.45, 7) is 10.5. The van der Waals surface area contributed by atoms with Crippen LogP contribution in [0.3, 0.4) is 0 Å². The fourth-order valence-electron chi connectivity index (χ4n) is 3.05. The zero-order valence-corrected chi connectivity index (χ0v) is 12.7. The number of hydrogen-bond acceptors (Lipinski definition) is 2. The van der Waals surface area contributed by atoms with Crippen molar-refractivity contribution in [1.29, 1.82) is 0 Å². The zero-order valence-electron chi connectivity index (χ0n) is 12.7. The lowest BCUT2D eigenvalue weighted by Crippen LogP contribution is -2.41. The van der Waals surface area contributed by atoms with Gasteiger partial charge in [0.25, 0.3) is 0 Å². The maximum absolute atomic E-state index is 3.70. The average molecular weight is 260 g/mol. The van der Waals surface area contributed by atoms with Gasteiger partial charge in [-0.3, -0.25) is 0 Å².